The maximum atomic E-state index is 13.5. The summed E-state index contributed by atoms with van der Waals surface area (Å²) < 4.78 is 7.30. The van der Waals surface area contributed by atoms with Crippen molar-refractivity contribution in [2.75, 3.05) is 36.8 Å². The van der Waals surface area contributed by atoms with Gasteiger partial charge in [-0.25, -0.2) is 9.78 Å². The van der Waals surface area contributed by atoms with Gasteiger partial charge in [-0.05, 0) is 50.4 Å². The molecule has 4 rings (SSSR count). The number of fused-ring (bicyclic) bond motifs is 1. The number of benzene rings is 1. The molecular weight excluding hydrogens is 460 g/mol. The first-order chi connectivity index (χ1) is 17.3. The number of aromatic nitrogens is 3. The lowest BCUT2D eigenvalue weighted by atomic mass is 9.97. The summed E-state index contributed by atoms with van der Waals surface area (Å²) in [4.78, 5) is 49.2. The standard InChI is InChI=1S/C26H36N6O4/c1-4-5-12-31(22-23(27)32(15-17(2)3)26(35)29-24(22)34)21(33)16-30-13-10-18(11-14-30)25-28-19-8-6-7-9-20(19)36-25/h6-9,17-18H,4-5,10-16,27H2,1-3H3,(H,29,34,35). The summed E-state index contributed by atoms with van der Waals surface area (Å²) in [5.74, 6) is 0.940. The van der Waals surface area contributed by atoms with Gasteiger partial charge in [0.25, 0.3) is 5.56 Å². The highest BCUT2D eigenvalue weighted by Crippen LogP contribution is 2.30. The van der Waals surface area contributed by atoms with Crippen LogP contribution >= 0.6 is 0 Å². The lowest BCUT2D eigenvalue weighted by molar-refractivity contribution is -0.120. The van der Waals surface area contributed by atoms with Crippen molar-refractivity contribution < 1.29 is 9.21 Å². The number of likely N-dealkylation sites (tertiary alicyclic amines) is 1. The number of carbonyl (C=O) groups is 1. The quantitative estimate of drug-likeness (QED) is 0.466. The molecule has 3 heterocycles. The lowest BCUT2D eigenvalue weighted by Gasteiger charge is -2.32. The topological polar surface area (TPSA) is 130 Å². The van der Waals surface area contributed by atoms with Crippen LogP contribution in [0.1, 0.15) is 58.3 Å². The maximum Gasteiger partial charge on any atom is 0.330 e. The first-order valence-corrected chi connectivity index (χ1v) is 12.8. The number of nitrogens with two attached hydrogens (primary N) is 1. The number of aromatic amines is 1. The highest BCUT2D eigenvalue weighted by atomic mass is 16.3. The van der Waals surface area contributed by atoms with Crippen molar-refractivity contribution in [3.8, 4) is 0 Å². The van der Waals surface area contributed by atoms with E-state index < -0.39 is 11.2 Å². The molecule has 1 aliphatic rings. The fourth-order valence-corrected chi connectivity index (χ4v) is 4.74. The summed E-state index contributed by atoms with van der Waals surface area (Å²) in [5.41, 5.74) is 6.84. The van der Waals surface area contributed by atoms with E-state index in [9.17, 15) is 14.4 Å². The van der Waals surface area contributed by atoms with Gasteiger partial charge in [0.15, 0.2) is 17.2 Å². The molecule has 1 amide bonds. The Bertz CT molecular complexity index is 1280. The second kappa shape index (κ2) is 11.1. The summed E-state index contributed by atoms with van der Waals surface area (Å²) in [7, 11) is 0. The molecule has 194 valence electrons. The van der Waals surface area contributed by atoms with Gasteiger partial charge in [0.1, 0.15) is 11.3 Å². The zero-order valence-corrected chi connectivity index (χ0v) is 21.3. The van der Waals surface area contributed by atoms with Crippen LogP contribution < -0.4 is 21.9 Å². The molecule has 0 radical (unpaired) electrons. The number of para-hydroxylation sites is 2. The number of piperidine rings is 1. The number of rotatable bonds is 9. The minimum Gasteiger partial charge on any atom is -0.440 e. The zero-order chi connectivity index (χ0) is 25.8. The second-order valence-corrected chi connectivity index (χ2v) is 9.97. The molecule has 1 saturated heterocycles. The van der Waals surface area contributed by atoms with E-state index in [1.54, 1.807) is 0 Å². The molecular formula is C26H36N6O4. The van der Waals surface area contributed by atoms with Crippen LogP contribution in [-0.4, -0.2) is 51.5 Å². The van der Waals surface area contributed by atoms with E-state index in [2.05, 4.69) is 14.9 Å². The molecule has 36 heavy (non-hydrogen) atoms. The molecule has 3 aromatic rings. The number of H-pyrrole nitrogens is 1. The van der Waals surface area contributed by atoms with Gasteiger partial charge in [0.2, 0.25) is 5.91 Å². The van der Waals surface area contributed by atoms with E-state index >= 15 is 0 Å². The normalized spacial score (nSPS) is 15.1. The van der Waals surface area contributed by atoms with Gasteiger partial charge in [-0.1, -0.05) is 39.3 Å². The van der Waals surface area contributed by atoms with Crippen LogP contribution in [0.5, 0.6) is 0 Å². The Kier molecular flexibility index (Phi) is 7.93. The van der Waals surface area contributed by atoms with Crippen molar-refractivity contribution in [1.82, 2.24) is 19.4 Å². The number of hydrogen-bond donors (Lipinski definition) is 2. The van der Waals surface area contributed by atoms with Crippen LogP contribution in [0.2, 0.25) is 0 Å². The summed E-state index contributed by atoms with van der Waals surface area (Å²) in [6.45, 7) is 8.27. The average Bonchev–Trinajstić information content (AvgIpc) is 3.28. The van der Waals surface area contributed by atoms with Crippen molar-refractivity contribution in [3.63, 3.8) is 0 Å². The number of unbranched alkanes of at least 4 members (excludes halogenated alkanes) is 1. The third kappa shape index (κ3) is 5.53. The monoisotopic (exact) mass is 496 g/mol. The second-order valence-electron chi connectivity index (χ2n) is 9.97. The Hall–Kier alpha value is -3.40. The Morgan fingerprint density at radius 2 is 1.97 bits per heavy atom. The molecule has 1 aliphatic heterocycles. The van der Waals surface area contributed by atoms with Gasteiger partial charge in [-0.2, -0.15) is 0 Å². The van der Waals surface area contributed by atoms with Crippen LogP contribution in [0.3, 0.4) is 0 Å². The van der Waals surface area contributed by atoms with E-state index in [1.807, 2.05) is 45.0 Å². The maximum absolute atomic E-state index is 13.5. The van der Waals surface area contributed by atoms with Gasteiger partial charge in [-0.3, -0.25) is 24.0 Å². The van der Waals surface area contributed by atoms with Crippen LogP contribution in [0.15, 0.2) is 38.3 Å². The molecule has 0 unspecified atom stereocenters. The smallest absolute Gasteiger partial charge is 0.330 e. The van der Waals surface area contributed by atoms with Crippen LogP contribution in [-0.2, 0) is 11.3 Å². The van der Waals surface area contributed by atoms with Crippen molar-refractivity contribution in [2.24, 2.45) is 5.92 Å². The molecule has 0 atom stereocenters. The van der Waals surface area contributed by atoms with Crippen molar-refractivity contribution >= 4 is 28.5 Å². The van der Waals surface area contributed by atoms with Crippen molar-refractivity contribution in [3.05, 3.63) is 51.0 Å². The Labute approximate surface area is 210 Å². The first-order valence-electron chi connectivity index (χ1n) is 12.8. The summed E-state index contributed by atoms with van der Waals surface area (Å²) in [6.07, 6.45) is 3.23. The predicted molar refractivity (Wildman–Crippen MR) is 140 cm³/mol. The minimum atomic E-state index is -0.628. The molecule has 1 fully saturated rings. The average molecular weight is 497 g/mol. The molecule has 0 bridgehead atoms. The Morgan fingerprint density at radius 3 is 2.64 bits per heavy atom. The number of oxazole rings is 1. The predicted octanol–water partition coefficient (Wildman–Crippen LogP) is 2.93. The van der Waals surface area contributed by atoms with Crippen LogP contribution in [0, 0.1) is 5.92 Å². The van der Waals surface area contributed by atoms with Crippen LogP contribution in [0.25, 0.3) is 11.1 Å². The zero-order valence-electron chi connectivity index (χ0n) is 21.3. The van der Waals surface area contributed by atoms with Gasteiger partial charge >= 0.3 is 5.69 Å². The number of nitrogen functional groups attached to an aromatic ring is 1. The first kappa shape index (κ1) is 25.7. The number of hydrogen-bond acceptors (Lipinski definition) is 7. The lowest BCUT2D eigenvalue weighted by Crippen LogP contribution is -2.47. The van der Waals surface area contributed by atoms with E-state index in [4.69, 9.17) is 10.2 Å². The molecule has 0 saturated carbocycles. The molecule has 0 aliphatic carbocycles. The number of anilines is 2. The highest BCUT2D eigenvalue weighted by molar-refractivity contribution is 5.96. The fourth-order valence-electron chi connectivity index (χ4n) is 4.74. The third-order valence-electron chi connectivity index (χ3n) is 6.67. The third-order valence-corrected chi connectivity index (χ3v) is 6.67. The van der Waals surface area contributed by atoms with Crippen molar-refractivity contribution in [1.29, 1.82) is 0 Å². The van der Waals surface area contributed by atoms with Crippen molar-refractivity contribution in [2.45, 2.75) is 58.9 Å². The van der Waals surface area contributed by atoms with Gasteiger partial charge < -0.3 is 15.1 Å². The number of nitrogens with one attached hydrogen (secondary N) is 1. The summed E-state index contributed by atoms with van der Waals surface area (Å²) in [6, 6.07) is 7.74. The summed E-state index contributed by atoms with van der Waals surface area (Å²) in [5, 5.41) is 0. The molecule has 2 aromatic heterocycles. The van der Waals surface area contributed by atoms with Gasteiger partial charge in [-0.15, -0.1) is 0 Å². The summed E-state index contributed by atoms with van der Waals surface area (Å²) >= 11 is 0. The van der Waals surface area contributed by atoms with E-state index in [1.165, 1.54) is 9.47 Å². The Morgan fingerprint density at radius 1 is 1.25 bits per heavy atom. The van der Waals surface area contributed by atoms with Crippen LogP contribution in [0.4, 0.5) is 11.5 Å². The molecule has 1 aromatic carbocycles. The van der Waals surface area contributed by atoms with Gasteiger partial charge in [0.05, 0.1) is 6.54 Å². The highest BCUT2D eigenvalue weighted by Gasteiger charge is 2.29. The molecule has 3 N–H and O–H groups in total. The van der Waals surface area contributed by atoms with Gasteiger partial charge in [0, 0.05) is 19.0 Å². The van der Waals surface area contributed by atoms with E-state index in [0.717, 1.165) is 49.3 Å². The SMILES string of the molecule is CCCCN(C(=O)CN1CCC(c2nc3ccccc3o2)CC1)c1c(N)n(CC(C)C)c(=O)[nH]c1=O. The van der Waals surface area contributed by atoms with E-state index in [-0.39, 0.29) is 35.8 Å². The molecule has 10 nitrogen and oxygen atoms in total. The minimum absolute atomic E-state index is 0.0385. The Balaban J connectivity index is 1.48. The number of amides is 1. The van der Waals surface area contributed by atoms with E-state index in [0.29, 0.717) is 19.5 Å². The fraction of sp³-hybridized carbons (Fsp3) is 0.538. The molecule has 0 spiro atoms. The number of carbonyl (C=O) groups excluding carboxylic acids is 1. The molecule has 10 heteroatoms. The number of nitrogens with zero attached hydrogens (tertiary/aromatic N) is 4. The largest absolute Gasteiger partial charge is 0.440 e.